The number of carbonyl (C=O) groups is 2. The Morgan fingerprint density at radius 1 is 1.19 bits per heavy atom. The second-order valence-corrected chi connectivity index (χ2v) is 6.54. The monoisotopic (exact) mass is 355 g/mol. The Balaban J connectivity index is 1.54. The molecule has 3 rings (SSSR count). The number of aryl methyl sites for hydroxylation is 1. The number of piperidine rings is 1. The van der Waals surface area contributed by atoms with Gasteiger partial charge in [-0.2, -0.15) is 0 Å². The number of aromatic nitrogens is 2. The fourth-order valence-electron chi connectivity index (χ4n) is 3.19. The van der Waals surface area contributed by atoms with Gasteiger partial charge in [-0.3, -0.25) is 4.79 Å². The molecule has 1 saturated heterocycles. The van der Waals surface area contributed by atoms with Crippen LogP contribution in [0.25, 0.3) is 11.3 Å². The number of hydrogen-bond donors (Lipinski definition) is 2. The van der Waals surface area contributed by atoms with Crippen molar-refractivity contribution in [3.63, 3.8) is 0 Å². The second-order valence-electron chi connectivity index (χ2n) is 6.54. The van der Waals surface area contributed by atoms with Gasteiger partial charge in [0, 0.05) is 38.3 Å². The Morgan fingerprint density at radius 3 is 2.46 bits per heavy atom. The van der Waals surface area contributed by atoms with Crippen LogP contribution in [0.1, 0.15) is 30.1 Å². The number of imidazole rings is 1. The number of nitrogens with one attached hydrogen (secondary N) is 2. The summed E-state index contributed by atoms with van der Waals surface area (Å²) in [7, 11) is 1.94. The number of amides is 3. The van der Waals surface area contributed by atoms with Gasteiger partial charge in [-0.1, -0.05) is 12.1 Å². The molecular weight excluding hydrogens is 330 g/mol. The van der Waals surface area contributed by atoms with Crippen LogP contribution in [-0.2, 0) is 7.05 Å². The lowest BCUT2D eigenvalue weighted by atomic mass is 10.0. The minimum atomic E-state index is -0.0713. The summed E-state index contributed by atoms with van der Waals surface area (Å²) in [5.74, 6) is -0.0713. The van der Waals surface area contributed by atoms with Crippen LogP contribution in [0, 0.1) is 0 Å². The molecule has 7 heteroatoms. The second kappa shape index (κ2) is 8.03. The molecule has 0 saturated carbocycles. The number of benzene rings is 1. The minimum absolute atomic E-state index is 0.0250. The minimum Gasteiger partial charge on any atom is -0.349 e. The van der Waals surface area contributed by atoms with Crippen LogP contribution in [0.5, 0.6) is 0 Å². The first-order chi connectivity index (χ1) is 12.6. The molecule has 2 heterocycles. The molecule has 7 nitrogen and oxygen atoms in total. The zero-order chi connectivity index (χ0) is 18.5. The molecule has 0 spiro atoms. The molecule has 1 fully saturated rings. The topological polar surface area (TPSA) is 79.3 Å². The Hall–Kier alpha value is -2.83. The van der Waals surface area contributed by atoms with E-state index in [1.807, 2.05) is 42.8 Å². The maximum Gasteiger partial charge on any atom is 0.317 e. The van der Waals surface area contributed by atoms with Crippen molar-refractivity contribution in [2.75, 3.05) is 19.6 Å². The smallest absolute Gasteiger partial charge is 0.317 e. The summed E-state index contributed by atoms with van der Waals surface area (Å²) in [6, 6.07) is 7.61. The lowest BCUT2D eigenvalue weighted by molar-refractivity contribution is 0.0918. The molecule has 0 bridgehead atoms. The van der Waals surface area contributed by atoms with Crippen molar-refractivity contribution < 1.29 is 9.59 Å². The molecule has 138 valence electrons. The zero-order valence-electron chi connectivity index (χ0n) is 15.2. The Bertz CT molecular complexity index is 760. The van der Waals surface area contributed by atoms with Crippen LogP contribution in [0.15, 0.2) is 36.8 Å². The van der Waals surface area contributed by atoms with Crippen LogP contribution < -0.4 is 10.6 Å². The highest BCUT2D eigenvalue weighted by Gasteiger charge is 2.23. The zero-order valence-corrected chi connectivity index (χ0v) is 15.2. The van der Waals surface area contributed by atoms with Crippen molar-refractivity contribution in [3.8, 4) is 11.3 Å². The molecule has 1 aromatic carbocycles. The fraction of sp³-hybridized carbons (Fsp3) is 0.421. The van der Waals surface area contributed by atoms with Gasteiger partial charge in [0.1, 0.15) is 0 Å². The normalized spacial score (nSPS) is 14.9. The number of nitrogens with zero attached hydrogens (tertiary/aromatic N) is 3. The average molecular weight is 355 g/mol. The number of rotatable bonds is 4. The van der Waals surface area contributed by atoms with E-state index in [4.69, 9.17) is 0 Å². The molecule has 1 aromatic heterocycles. The van der Waals surface area contributed by atoms with Gasteiger partial charge in [-0.25, -0.2) is 9.78 Å². The first-order valence-electron chi connectivity index (χ1n) is 8.99. The fourth-order valence-corrected chi connectivity index (χ4v) is 3.19. The summed E-state index contributed by atoms with van der Waals surface area (Å²) < 4.78 is 1.94. The van der Waals surface area contributed by atoms with E-state index < -0.39 is 0 Å². The van der Waals surface area contributed by atoms with E-state index in [2.05, 4.69) is 15.6 Å². The van der Waals surface area contributed by atoms with Gasteiger partial charge in [0.05, 0.1) is 18.2 Å². The lowest BCUT2D eigenvalue weighted by Gasteiger charge is -2.32. The van der Waals surface area contributed by atoms with Crippen LogP contribution in [0.3, 0.4) is 0 Å². The predicted octanol–water partition coefficient (Wildman–Crippen LogP) is 2.01. The molecule has 26 heavy (non-hydrogen) atoms. The van der Waals surface area contributed by atoms with E-state index in [-0.39, 0.29) is 18.0 Å². The van der Waals surface area contributed by atoms with Crippen molar-refractivity contribution >= 4 is 11.9 Å². The highest BCUT2D eigenvalue weighted by atomic mass is 16.2. The van der Waals surface area contributed by atoms with E-state index in [0.29, 0.717) is 25.2 Å². The van der Waals surface area contributed by atoms with E-state index in [1.165, 1.54) is 0 Å². The summed E-state index contributed by atoms with van der Waals surface area (Å²) in [5, 5.41) is 5.89. The predicted molar refractivity (Wildman–Crippen MR) is 99.8 cm³/mol. The molecule has 0 radical (unpaired) electrons. The Kier molecular flexibility index (Phi) is 5.55. The average Bonchev–Trinajstić information content (AvgIpc) is 3.08. The van der Waals surface area contributed by atoms with Crippen molar-refractivity contribution in [2.45, 2.75) is 25.8 Å². The van der Waals surface area contributed by atoms with Crippen LogP contribution in [-0.4, -0.2) is 52.1 Å². The molecular formula is C19H25N5O2. The maximum atomic E-state index is 12.5. The Labute approximate surface area is 153 Å². The van der Waals surface area contributed by atoms with Gasteiger partial charge < -0.3 is 20.1 Å². The Morgan fingerprint density at radius 2 is 1.88 bits per heavy atom. The highest BCUT2D eigenvalue weighted by molar-refractivity contribution is 5.94. The third-order valence-corrected chi connectivity index (χ3v) is 4.70. The molecule has 0 atom stereocenters. The summed E-state index contributed by atoms with van der Waals surface area (Å²) in [6.07, 6.45) is 5.10. The van der Waals surface area contributed by atoms with Crippen LogP contribution in [0.2, 0.25) is 0 Å². The molecule has 2 aromatic rings. The standard InChI is InChI=1S/C19H25N5O2/c1-3-21-19(26)24-10-8-16(9-11-24)22-18(25)15-6-4-14(5-7-15)17-12-20-13-23(17)2/h4-7,12-13,16H,3,8-11H2,1-2H3,(H,21,26)(H,22,25). The number of carbonyl (C=O) groups excluding carboxylic acids is 2. The van der Waals surface area contributed by atoms with E-state index in [1.54, 1.807) is 17.4 Å². The third kappa shape index (κ3) is 4.04. The van der Waals surface area contributed by atoms with E-state index >= 15 is 0 Å². The molecule has 3 amide bonds. The highest BCUT2D eigenvalue weighted by Crippen LogP contribution is 2.19. The van der Waals surface area contributed by atoms with Gasteiger partial charge in [-0.15, -0.1) is 0 Å². The largest absolute Gasteiger partial charge is 0.349 e. The maximum absolute atomic E-state index is 12.5. The molecule has 0 unspecified atom stereocenters. The molecule has 1 aliphatic rings. The molecule has 2 N–H and O–H groups in total. The molecule has 1 aliphatic heterocycles. The van der Waals surface area contributed by atoms with Crippen molar-refractivity contribution in [2.24, 2.45) is 7.05 Å². The van der Waals surface area contributed by atoms with Gasteiger partial charge in [0.2, 0.25) is 0 Å². The number of likely N-dealkylation sites (tertiary alicyclic amines) is 1. The van der Waals surface area contributed by atoms with Crippen molar-refractivity contribution in [1.82, 2.24) is 25.1 Å². The van der Waals surface area contributed by atoms with Crippen molar-refractivity contribution in [1.29, 1.82) is 0 Å². The molecule has 0 aliphatic carbocycles. The van der Waals surface area contributed by atoms with Crippen LogP contribution in [0.4, 0.5) is 4.79 Å². The first-order valence-corrected chi connectivity index (χ1v) is 8.99. The van der Waals surface area contributed by atoms with Crippen molar-refractivity contribution in [3.05, 3.63) is 42.4 Å². The summed E-state index contributed by atoms with van der Waals surface area (Å²) >= 11 is 0. The quantitative estimate of drug-likeness (QED) is 0.880. The van der Waals surface area contributed by atoms with Gasteiger partial charge in [0.25, 0.3) is 5.91 Å². The lowest BCUT2D eigenvalue weighted by Crippen LogP contribution is -2.49. The third-order valence-electron chi connectivity index (χ3n) is 4.70. The van der Waals surface area contributed by atoms with E-state index in [9.17, 15) is 9.59 Å². The number of hydrogen-bond acceptors (Lipinski definition) is 3. The first kappa shape index (κ1) is 18.0. The van der Waals surface area contributed by atoms with Crippen LogP contribution >= 0.6 is 0 Å². The van der Waals surface area contributed by atoms with Gasteiger partial charge >= 0.3 is 6.03 Å². The summed E-state index contributed by atoms with van der Waals surface area (Å²) in [4.78, 5) is 30.2. The van der Waals surface area contributed by atoms with E-state index in [0.717, 1.165) is 24.1 Å². The van der Waals surface area contributed by atoms with Gasteiger partial charge in [0.15, 0.2) is 0 Å². The summed E-state index contributed by atoms with van der Waals surface area (Å²) in [5.41, 5.74) is 2.67. The van der Waals surface area contributed by atoms with Gasteiger partial charge in [-0.05, 0) is 37.5 Å². The number of urea groups is 1. The summed E-state index contributed by atoms with van der Waals surface area (Å²) in [6.45, 7) is 3.86. The SMILES string of the molecule is CCNC(=O)N1CCC(NC(=O)c2ccc(-c3cncn3C)cc2)CC1.